The number of carbonyl (C=O) groups is 1. The van der Waals surface area contributed by atoms with Gasteiger partial charge in [0, 0.05) is 15.4 Å². The quantitative estimate of drug-likeness (QED) is 0.533. The minimum atomic E-state index is -0.231. The second-order valence-corrected chi connectivity index (χ2v) is 8.93. The predicted octanol–water partition coefficient (Wildman–Crippen LogP) is 5.89. The first-order chi connectivity index (χ1) is 12.8. The van der Waals surface area contributed by atoms with Crippen LogP contribution in [0, 0.1) is 0 Å². The summed E-state index contributed by atoms with van der Waals surface area (Å²) in [6.07, 6.45) is 0. The molecule has 0 spiro atoms. The summed E-state index contributed by atoms with van der Waals surface area (Å²) in [5, 5.41) is 5.26. The van der Waals surface area contributed by atoms with E-state index < -0.39 is 0 Å². The molecule has 0 unspecified atom stereocenters. The number of carbonyl (C=O) groups excluding carboxylic acids is 1. The Balaban J connectivity index is 1.55. The third-order valence-electron chi connectivity index (χ3n) is 3.96. The number of anilines is 1. The van der Waals surface area contributed by atoms with E-state index in [-0.39, 0.29) is 17.9 Å². The number of nitrogens with one attached hydrogen (secondary N) is 1. The van der Waals surface area contributed by atoms with Crippen LogP contribution in [0.2, 0.25) is 0 Å². The highest BCUT2D eigenvalue weighted by atomic mass is 79.9. The molecule has 4 nitrogen and oxygen atoms in total. The van der Waals surface area contributed by atoms with Crippen LogP contribution < -0.4 is 10.1 Å². The van der Waals surface area contributed by atoms with Crippen molar-refractivity contribution in [3.63, 3.8) is 0 Å². The van der Waals surface area contributed by atoms with Gasteiger partial charge in [-0.2, -0.15) is 0 Å². The number of halogens is 1. The maximum Gasteiger partial charge on any atom is 0.264 e. The highest BCUT2D eigenvalue weighted by molar-refractivity contribution is 9.10. The van der Waals surface area contributed by atoms with Crippen molar-refractivity contribution < 1.29 is 9.53 Å². The number of benzene rings is 2. The Morgan fingerprint density at radius 3 is 2.59 bits per heavy atom. The van der Waals surface area contributed by atoms with Crippen LogP contribution in [-0.2, 0) is 10.2 Å². The summed E-state index contributed by atoms with van der Waals surface area (Å²) >= 11 is 4.84. The van der Waals surface area contributed by atoms with Crippen LogP contribution in [-0.4, -0.2) is 17.5 Å². The van der Waals surface area contributed by atoms with E-state index in [1.54, 1.807) is 0 Å². The zero-order valence-corrected chi connectivity index (χ0v) is 17.9. The number of hydrogen-bond acceptors (Lipinski definition) is 4. The van der Waals surface area contributed by atoms with E-state index in [0.29, 0.717) is 10.9 Å². The monoisotopic (exact) mass is 444 g/mol. The Kier molecular flexibility index (Phi) is 5.97. The lowest BCUT2D eigenvalue weighted by Crippen LogP contribution is -2.20. The zero-order chi connectivity index (χ0) is 19.4. The summed E-state index contributed by atoms with van der Waals surface area (Å²) in [7, 11) is 0. The van der Waals surface area contributed by atoms with Crippen LogP contribution in [0.5, 0.6) is 5.75 Å². The smallest absolute Gasteiger partial charge is 0.264 e. The summed E-state index contributed by atoms with van der Waals surface area (Å²) < 4.78 is 6.56. The molecule has 3 aromatic rings. The normalized spacial score (nSPS) is 11.3. The molecule has 0 aliphatic rings. The van der Waals surface area contributed by atoms with E-state index in [1.807, 2.05) is 53.9 Å². The van der Waals surface area contributed by atoms with Crippen LogP contribution in [0.15, 0.2) is 58.4 Å². The van der Waals surface area contributed by atoms with E-state index in [1.165, 1.54) is 16.9 Å². The van der Waals surface area contributed by atoms with Gasteiger partial charge < -0.3 is 4.74 Å². The minimum Gasteiger partial charge on any atom is -0.484 e. The molecule has 6 heteroatoms. The molecule has 1 aromatic heterocycles. The van der Waals surface area contributed by atoms with Crippen molar-refractivity contribution in [1.29, 1.82) is 0 Å². The number of ether oxygens (including phenoxy) is 1. The van der Waals surface area contributed by atoms with Gasteiger partial charge in [0.1, 0.15) is 5.75 Å². The molecule has 0 radical (unpaired) electrons. The molecular formula is C21H21BrN2O2S. The van der Waals surface area contributed by atoms with Gasteiger partial charge >= 0.3 is 0 Å². The molecule has 140 valence electrons. The fourth-order valence-electron chi connectivity index (χ4n) is 2.47. The average Bonchev–Trinajstić information content (AvgIpc) is 3.08. The van der Waals surface area contributed by atoms with Gasteiger partial charge in [0.25, 0.3) is 5.91 Å². The van der Waals surface area contributed by atoms with E-state index in [4.69, 9.17) is 4.74 Å². The molecule has 0 saturated heterocycles. The Morgan fingerprint density at radius 1 is 1.19 bits per heavy atom. The topological polar surface area (TPSA) is 51.2 Å². The molecule has 1 N–H and O–H groups in total. The molecule has 27 heavy (non-hydrogen) atoms. The van der Waals surface area contributed by atoms with E-state index >= 15 is 0 Å². The largest absolute Gasteiger partial charge is 0.484 e. The van der Waals surface area contributed by atoms with Gasteiger partial charge in [-0.25, -0.2) is 4.98 Å². The molecule has 2 aromatic carbocycles. The first kappa shape index (κ1) is 19.6. The second kappa shape index (κ2) is 8.23. The highest BCUT2D eigenvalue weighted by Crippen LogP contribution is 2.27. The Hall–Kier alpha value is -2.18. The van der Waals surface area contributed by atoms with Crippen molar-refractivity contribution in [2.24, 2.45) is 0 Å². The van der Waals surface area contributed by atoms with Gasteiger partial charge in [0.15, 0.2) is 11.7 Å². The molecule has 0 aliphatic heterocycles. The average molecular weight is 445 g/mol. The summed E-state index contributed by atoms with van der Waals surface area (Å²) in [4.78, 5) is 16.6. The van der Waals surface area contributed by atoms with E-state index in [9.17, 15) is 4.79 Å². The van der Waals surface area contributed by atoms with Gasteiger partial charge in [0.05, 0.1) is 5.69 Å². The van der Waals surface area contributed by atoms with Gasteiger partial charge in [-0.3, -0.25) is 10.1 Å². The third kappa shape index (κ3) is 5.40. The fraction of sp³-hybridized carbons (Fsp3) is 0.238. The standard InChI is InChI=1S/C21H21BrN2O2S/c1-21(2,3)15-7-9-17(10-8-15)26-12-19(25)24-20-23-18(13-27-20)14-5-4-6-16(22)11-14/h4-11,13H,12H2,1-3H3,(H,23,24,25). The third-order valence-corrected chi connectivity index (χ3v) is 5.21. The number of nitrogens with zero attached hydrogens (tertiary/aromatic N) is 1. The molecule has 0 bridgehead atoms. The van der Waals surface area contributed by atoms with Crippen LogP contribution in [0.25, 0.3) is 11.3 Å². The van der Waals surface area contributed by atoms with Crippen LogP contribution >= 0.6 is 27.3 Å². The maximum absolute atomic E-state index is 12.1. The lowest BCUT2D eigenvalue weighted by Gasteiger charge is -2.19. The lowest BCUT2D eigenvalue weighted by molar-refractivity contribution is -0.118. The van der Waals surface area contributed by atoms with Crippen molar-refractivity contribution >= 4 is 38.3 Å². The number of hydrogen-bond donors (Lipinski definition) is 1. The van der Waals surface area contributed by atoms with Crippen LogP contribution in [0.3, 0.4) is 0 Å². The molecule has 0 saturated carbocycles. The molecule has 3 rings (SSSR count). The van der Waals surface area contributed by atoms with Gasteiger partial charge in [0.2, 0.25) is 0 Å². The Labute approximate surface area is 171 Å². The van der Waals surface area contributed by atoms with Gasteiger partial charge in [-0.1, -0.05) is 61.0 Å². The summed E-state index contributed by atoms with van der Waals surface area (Å²) in [5.41, 5.74) is 3.14. The van der Waals surface area contributed by atoms with Crippen molar-refractivity contribution in [2.75, 3.05) is 11.9 Å². The van der Waals surface area contributed by atoms with Crippen LogP contribution in [0.1, 0.15) is 26.3 Å². The van der Waals surface area contributed by atoms with Crippen molar-refractivity contribution in [2.45, 2.75) is 26.2 Å². The van der Waals surface area contributed by atoms with Crippen LogP contribution in [0.4, 0.5) is 5.13 Å². The second-order valence-electron chi connectivity index (χ2n) is 7.16. The van der Waals surface area contributed by atoms with Gasteiger partial charge in [-0.15, -0.1) is 11.3 Å². The van der Waals surface area contributed by atoms with E-state index in [0.717, 1.165) is 15.7 Å². The fourth-order valence-corrected chi connectivity index (χ4v) is 3.60. The molecule has 0 atom stereocenters. The summed E-state index contributed by atoms with van der Waals surface area (Å²) in [5.74, 6) is 0.442. The van der Waals surface area contributed by atoms with Crippen molar-refractivity contribution in [1.82, 2.24) is 4.98 Å². The molecule has 0 aliphatic carbocycles. The predicted molar refractivity (Wildman–Crippen MR) is 115 cm³/mol. The zero-order valence-electron chi connectivity index (χ0n) is 15.5. The maximum atomic E-state index is 12.1. The number of rotatable bonds is 5. The lowest BCUT2D eigenvalue weighted by atomic mass is 9.87. The molecule has 0 fully saturated rings. The number of amides is 1. The Morgan fingerprint density at radius 2 is 1.93 bits per heavy atom. The highest BCUT2D eigenvalue weighted by Gasteiger charge is 2.13. The summed E-state index contributed by atoms with van der Waals surface area (Å²) in [6, 6.07) is 15.7. The molecular weight excluding hydrogens is 424 g/mol. The summed E-state index contributed by atoms with van der Waals surface area (Å²) in [6.45, 7) is 6.42. The minimum absolute atomic E-state index is 0.0549. The number of aromatic nitrogens is 1. The first-order valence-corrected chi connectivity index (χ1v) is 10.2. The first-order valence-electron chi connectivity index (χ1n) is 8.56. The Bertz CT molecular complexity index is 930. The van der Waals surface area contributed by atoms with Gasteiger partial charge in [-0.05, 0) is 35.2 Å². The number of thiazole rings is 1. The SMILES string of the molecule is CC(C)(C)c1ccc(OCC(=O)Nc2nc(-c3cccc(Br)c3)cs2)cc1. The van der Waals surface area contributed by atoms with Crippen molar-refractivity contribution in [3.05, 3.63) is 63.9 Å². The molecule has 1 heterocycles. The van der Waals surface area contributed by atoms with E-state index in [2.05, 4.69) is 47.0 Å². The molecule has 1 amide bonds. The van der Waals surface area contributed by atoms with Crippen molar-refractivity contribution in [3.8, 4) is 17.0 Å².